The van der Waals surface area contributed by atoms with Gasteiger partial charge in [-0.05, 0) is 38.8 Å². The molecule has 0 aliphatic heterocycles. The van der Waals surface area contributed by atoms with E-state index in [-0.39, 0.29) is 0 Å². The Morgan fingerprint density at radius 1 is 1.40 bits per heavy atom. The molecule has 0 aliphatic carbocycles. The van der Waals surface area contributed by atoms with Crippen molar-refractivity contribution in [3.63, 3.8) is 0 Å². The van der Waals surface area contributed by atoms with E-state index >= 15 is 0 Å². The molecular weight excluding hydrogens is 281 g/mol. The Hall–Kier alpha value is 0.400. The Kier molecular flexibility index (Phi) is 2.72. The van der Waals surface area contributed by atoms with Crippen LogP contribution in [-0.4, -0.2) is 4.98 Å². The molecule has 0 aromatic carbocycles. The molecule has 1 aromatic heterocycles. The third kappa shape index (κ3) is 1.52. The number of rotatable bonds is 0. The van der Waals surface area contributed by atoms with E-state index in [0.29, 0.717) is 5.02 Å². The van der Waals surface area contributed by atoms with E-state index in [1.54, 1.807) is 6.20 Å². The van der Waals surface area contributed by atoms with Gasteiger partial charge in [0.15, 0.2) is 0 Å². The standard InChI is InChI=1S/C6H4Br2ClN/c1-3-5(7)6(8)4(9)2-10-3/h2H,1H3. The fourth-order valence-corrected chi connectivity index (χ4v) is 1.49. The monoisotopic (exact) mass is 283 g/mol. The topological polar surface area (TPSA) is 12.9 Å². The summed E-state index contributed by atoms with van der Waals surface area (Å²) in [6.45, 7) is 1.91. The summed E-state index contributed by atoms with van der Waals surface area (Å²) in [5, 5.41) is 0.623. The zero-order valence-corrected chi connectivity index (χ0v) is 9.09. The van der Waals surface area contributed by atoms with E-state index in [1.165, 1.54) is 0 Å². The molecular formula is C6H4Br2ClN. The molecule has 10 heavy (non-hydrogen) atoms. The van der Waals surface area contributed by atoms with Crippen molar-refractivity contribution in [2.24, 2.45) is 0 Å². The van der Waals surface area contributed by atoms with Crippen LogP contribution in [0.3, 0.4) is 0 Å². The first-order valence-corrected chi connectivity index (χ1v) is 4.55. The minimum atomic E-state index is 0.623. The number of aryl methyl sites for hydroxylation is 1. The van der Waals surface area contributed by atoms with E-state index in [2.05, 4.69) is 36.8 Å². The van der Waals surface area contributed by atoms with Gasteiger partial charge < -0.3 is 0 Å². The van der Waals surface area contributed by atoms with Crippen LogP contribution in [0.4, 0.5) is 0 Å². The van der Waals surface area contributed by atoms with Crippen molar-refractivity contribution in [3.8, 4) is 0 Å². The normalized spacial score (nSPS) is 10.0. The van der Waals surface area contributed by atoms with Crippen molar-refractivity contribution >= 4 is 43.5 Å². The fraction of sp³-hybridized carbons (Fsp3) is 0.167. The van der Waals surface area contributed by atoms with Crippen LogP contribution in [0.2, 0.25) is 5.02 Å². The summed E-state index contributed by atoms with van der Waals surface area (Å²) < 4.78 is 1.78. The highest BCUT2D eigenvalue weighted by Crippen LogP contribution is 2.31. The molecule has 0 aliphatic rings. The highest BCUT2D eigenvalue weighted by molar-refractivity contribution is 9.13. The predicted octanol–water partition coefficient (Wildman–Crippen LogP) is 3.57. The van der Waals surface area contributed by atoms with Gasteiger partial charge in [0.2, 0.25) is 0 Å². The summed E-state index contributed by atoms with van der Waals surface area (Å²) in [4.78, 5) is 4.03. The van der Waals surface area contributed by atoms with Gasteiger partial charge in [0.25, 0.3) is 0 Å². The van der Waals surface area contributed by atoms with Crippen LogP contribution in [0.5, 0.6) is 0 Å². The average Bonchev–Trinajstić information content (AvgIpc) is 1.93. The third-order valence-corrected chi connectivity index (χ3v) is 3.93. The molecule has 0 saturated heterocycles. The molecule has 0 N–H and O–H groups in total. The Labute approximate surface area is 81.1 Å². The first kappa shape index (κ1) is 8.50. The maximum atomic E-state index is 5.75. The minimum absolute atomic E-state index is 0.623. The Morgan fingerprint density at radius 3 is 2.50 bits per heavy atom. The van der Waals surface area contributed by atoms with Crippen LogP contribution in [0, 0.1) is 6.92 Å². The zero-order valence-electron chi connectivity index (χ0n) is 5.16. The number of halogens is 3. The van der Waals surface area contributed by atoms with Gasteiger partial charge in [0.05, 0.1) is 19.7 Å². The lowest BCUT2D eigenvalue weighted by Gasteiger charge is -2.00. The molecule has 54 valence electrons. The second-order valence-corrected chi connectivity index (χ2v) is 3.81. The van der Waals surface area contributed by atoms with Gasteiger partial charge in [0, 0.05) is 6.20 Å². The molecule has 0 radical (unpaired) electrons. The highest BCUT2D eigenvalue weighted by Gasteiger charge is 2.04. The van der Waals surface area contributed by atoms with Crippen molar-refractivity contribution in [2.45, 2.75) is 6.92 Å². The molecule has 0 atom stereocenters. The second-order valence-electron chi connectivity index (χ2n) is 1.82. The quantitative estimate of drug-likeness (QED) is 0.710. The number of hydrogen-bond donors (Lipinski definition) is 0. The third-order valence-electron chi connectivity index (χ3n) is 1.09. The molecule has 0 saturated carbocycles. The molecule has 0 bridgehead atoms. The predicted molar refractivity (Wildman–Crippen MR) is 49.4 cm³/mol. The van der Waals surface area contributed by atoms with Gasteiger partial charge in [-0.3, -0.25) is 4.98 Å². The average molecular weight is 285 g/mol. The van der Waals surface area contributed by atoms with Crippen LogP contribution in [-0.2, 0) is 0 Å². The minimum Gasteiger partial charge on any atom is -0.259 e. The molecule has 1 nitrogen and oxygen atoms in total. The van der Waals surface area contributed by atoms with E-state index < -0.39 is 0 Å². The maximum absolute atomic E-state index is 5.75. The lowest BCUT2D eigenvalue weighted by atomic mass is 10.4. The van der Waals surface area contributed by atoms with Crippen LogP contribution in [0.1, 0.15) is 5.69 Å². The van der Waals surface area contributed by atoms with Gasteiger partial charge in [-0.15, -0.1) is 0 Å². The number of hydrogen-bond acceptors (Lipinski definition) is 1. The van der Waals surface area contributed by atoms with Crippen molar-refractivity contribution in [3.05, 3.63) is 25.9 Å². The molecule has 0 amide bonds. The smallest absolute Gasteiger partial charge is 0.0742 e. The highest BCUT2D eigenvalue weighted by atomic mass is 79.9. The van der Waals surface area contributed by atoms with Crippen LogP contribution in [0.15, 0.2) is 15.1 Å². The van der Waals surface area contributed by atoms with E-state index in [9.17, 15) is 0 Å². The summed E-state index contributed by atoms with van der Waals surface area (Å²) >= 11 is 12.4. The summed E-state index contributed by atoms with van der Waals surface area (Å²) in [5.41, 5.74) is 0.927. The molecule has 0 unspecified atom stereocenters. The van der Waals surface area contributed by atoms with E-state index in [0.717, 1.165) is 14.6 Å². The van der Waals surface area contributed by atoms with Gasteiger partial charge in [-0.25, -0.2) is 0 Å². The summed E-state index contributed by atoms with van der Waals surface area (Å²) in [6, 6.07) is 0. The molecule has 1 rings (SSSR count). The molecule has 1 heterocycles. The van der Waals surface area contributed by atoms with Crippen molar-refractivity contribution in [1.29, 1.82) is 0 Å². The van der Waals surface area contributed by atoms with Crippen molar-refractivity contribution in [2.75, 3.05) is 0 Å². The van der Waals surface area contributed by atoms with Gasteiger partial charge in [0.1, 0.15) is 0 Å². The molecule has 0 spiro atoms. The van der Waals surface area contributed by atoms with Crippen LogP contribution >= 0.6 is 43.5 Å². The number of aromatic nitrogens is 1. The number of pyridine rings is 1. The Balaban J connectivity index is 3.34. The lowest BCUT2D eigenvalue weighted by molar-refractivity contribution is 1.17. The maximum Gasteiger partial charge on any atom is 0.0742 e. The summed E-state index contributed by atoms with van der Waals surface area (Å²) in [5.74, 6) is 0. The molecule has 4 heteroatoms. The molecule has 1 aromatic rings. The lowest BCUT2D eigenvalue weighted by Crippen LogP contribution is -1.83. The van der Waals surface area contributed by atoms with Gasteiger partial charge in [-0.2, -0.15) is 0 Å². The van der Waals surface area contributed by atoms with Crippen LogP contribution < -0.4 is 0 Å². The van der Waals surface area contributed by atoms with E-state index in [4.69, 9.17) is 11.6 Å². The fourth-order valence-electron chi connectivity index (χ4n) is 0.531. The second kappa shape index (κ2) is 3.20. The zero-order chi connectivity index (χ0) is 7.72. The summed E-state index contributed by atoms with van der Waals surface area (Å²) in [7, 11) is 0. The van der Waals surface area contributed by atoms with Gasteiger partial charge >= 0.3 is 0 Å². The SMILES string of the molecule is Cc1ncc(Cl)c(Br)c1Br. The van der Waals surface area contributed by atoms with Crippen molar-refractivity contribution in [1.82, 2.24) is 4.98 Å². The van der Waals surface area contributed by atoms with Crippen LogP contribution in [0.25, 0.3) is 0 Å². The van der Waals surface area contributed by atoms with E-state index in [1.807, 2.05) is 6.92 Å². The molecule has 0 fully saturated rings. The Morgan fingerprint density at radius 2 is 2.00 bits per heavy atom. The van der Waals surface area contributed by atoms with Crippen molar-refractivity contribution < 1.29 is 0 Å². The number of nitrogens with zero attached hydrogens (tertiary/aromatic N) is 1. The first-order chi connectivity index (χ1) is 4.63. The largest absolute Gasteiger partial charge is 0.259 e. The summed E-state index contributed by atoms with van der Waals surface area (Å²) in [6.07, 6.45) is 1.62. The Bertz CT molecular complexity index is 235. The van der Waals surface area contributed by atoms with Gasteiger partial charge in [-0.1, -0.05) is 11.6 Å². The first-order valence-electron chi connectivity index (χ1n) is 2.59.